The quantitative estimate of drug-likeness (QED) is 0.191. The largest absolute Gasteiger partial charge is 0.309 e. The topological polar surface area (TPSA) is 15.6 Å². The van der Waals surface area contributed by atoms with Crippen LogP contribution in [0, 0.1) is 0 Å². The fourth-order valence-electron chi connectivity index (χ4n) is 8.00. The average molecular weight is 625 g/mol. The van der Waals surface area contributed by atoms with E-state index < -0.39 is 0 Å². The lowest BCUT2D eigenvalue weighted by molar-refractivity contribution is 0.999. The molecule has 2 aliphatic rings. The molecule has 0 saturated carbocycles. The molecule has 0 saturated heterocycles. The molecule has 0 spiro atoms. The average Bonchev–Trinajstić information content (AvgIpc) is 3.15. The Hall–Kier alpha value is -6.25. The summed E-state index contributed by atoms with van der Waals surface area (Å²) in [6, 6.07) is 59.6. The molecule has 0 radical (unpaired) electrons. The molecule has 230 valence electrons. The third-order valence-electron chi connectivity index (χ3n) is 10.3. The maximum absolute atomic E-state index is 5.45. The van der Waals surface area contributed by atoms with E-state index in [9.17, 15) is 0 Å². The molecular formula is C47H32N2. The third kappa shape index (κ3) is 4.45. The zero-order valence-electron chi connectivity index (χ0n) is 27.0. The van der Waals surface area contributed by atoms with Crippen LogP contribution >= 0.6 is 0 Å². The molecule has 2 heteroatoms. The Morgan fingerprint density at radius 1 is 0.490 bits per heavy atom. The minimum absolute atomic E-state index is 0.952. The van der Waals surface area contributed by atoms with Crippen LogP contribution < -0.4 is 4.90 Å². The van der Waals surface area contributed by atoms with Crippen molar-refractivity contribution in [2.45, 2.75) is 12.8 Å². The number of rotatable bonds is 3. The summed E-state index contributed by atoms with van der Waals surface area (Å²) in [7, 11) is 0. The summed E-state index contributed by atoms with van der Waals surface area (Å²) >= 11 is 0. The van der Waals surface area contributed by atoms with Gasteiger partial charge in [-0.1, -0.05) is 146 Å². The Labute approximate surface area is 285 Å². The molecule has 0 bridgehead atoms. The number of fused-ring (bicyclic) bond motifs is 6. The van der Waals surface area contributed by atoms with Gasteiger partial charge in [0.05, 0.1) is 22.8 Å². The first-order valence-electron chi connectivity index (χ1n) is 17.1. The summed E-state index contributed by atoms with van der Waals surface area (Å²) < 4.78 is 0. The van der Waals surface area contributed by atoms with Crippen molar-refractivity contribution in [3.05, 3.63) is 187 Å². The van der Waals surface area contributed by atoms with Crippen molar-refractivity contribution in [1.29, 1.82) is 0 Å². The molecule has 49 heavy (non-hydrogen) atoms. The van der Waals surface area contributed by atoms with Gasteiger partial charge in [-0.3, -0.25) is 0 Å². The van der Waals surface area contributed by atoms with Crippen molar-refractivity contribution < 1.29 is 0 Å². The van der Waals surface area contributed by atoms with Gasteiger partial charge in [-0.25, -0.2) is 4.99 Å². The van der Waals surface area contributed by atoms with Crippen LogP contribution in [0.4, 0.5) is 22.7 Å². The fourth-order valence-corrected chi connectivity index (χ4v) is 8.00. The highest BCUT2D eigenvalue weighted by Gasteiger charge is 2.28. The lowest BCUT2D eigenvalue weighted by atomic mass is 9.88. The second-order valence-corrected chi connectivity index (χ2v) is 13.0. The number of allylic oxidation sites excluding steroid dienone is 2. The fraction of sp³-hybridized carbons (Fsp3) is 0.0426. The van der Waals surface area contributed by atoms with E-state index in [1.54, 1.807) is 0 Å². The van der Waals surface area contributed by atoms with Crippen molar-refractivity contribution in [3.8, 4) is 11.1 Å². The maximum atomic E-state index is 5.45. The molecule has 8 aromatic carbocycles. The maximum Gasteiger partial charge on any atom is 0.0784 e. The number of benzene rings is 8. The first kappa shape index (κ1) is 27.8. The molecule has 0 aliphatic carbocycles. The molecule has 0 aromatic heterocycles. The van der Waals surface area contributed by atoms with Gasteiger partial charge in [0, 0.05) is 33.2 Å². The second kappa shape index (κ2) is 11.2. The van der Waals surface area contributed by atoms with Crippen LogP contribution in [0.15, 0.2) is 175 Å². The van der Waals surface area contributed by atoms with Gasteiger partial charge in [0.25, 0.3) is 0 Å². The predicted octanol–water partition coefficient (Wildman–Crippen LogP) is 12.7. The molecule has 0 atom stereocenters. The summed E-state index contributed by atoms with van der Waals surface area (Å²) in [6.07, 6.45) is 4.32. The molecule has 8 aromatic rings. The zero-order valence-corrected chi connectivity index (χ0v) is 27.0. The monoisotopic (exact) mass is 624 g/mol. The van der Waals surface area contributed by atoms with Gasteiger partial charge in [-0.05, 0) is 75.3 Å². The van der Waals surface area contributed by atoms with Crippen LogP contribution in [0.5, 0.6) is 0 Å². The van der Waals surface area contributed by atoms with Crippen LogP contribution in [-0.4, -0.2) is 5.71 Å². The molecule has 2 heterocycles. The lowest BCUT2D eigenvalue weighted by Gasteiger charge is -2.34. The molecule has 0 fully saturated rings. The number of hydrogen-bond acceptors (Lipinski definition) is 2. The Kier molecular flexibility index (Phi) is 6.35. The first-order valence-corrected chi connectivity index (χ1v) is 17.1. The van der Waals surface area contributed by atoms with Crippen molar-refractivity contribution in [2.75, 3.05) is 4.90 Å². The van der Waals surface area contributed by atoms with Gasteiger partial charge in [0.1, 0.15) is 0 Å². The van der Waals surface area contributed by atoms with Gasteiger partial charge in [0.15, 0.2) is 0 Å². The van der Waals surface area contributed by atoms with Crippen molar-refractivity contribution >= 4 is 66.4 Å². The van der Waals surface area contributed by atoms with E-state index in [-0.39, 0.29) is 0 Å². The summed E-state index contributed by atoms with van der Waals surface area (Å²) in [5, 5.41) is 7.52. The molecule has 0 amide bonds. The molecule has 0 unspecified atom stereocenters. The molecule has 10 rings (SSSR count). The molecular weight excluding hydrogens is 593 g/mol. The minimum atomic E-state index is 0.952. The molecule has 2 aliphatic heterocycles. The predicted molar refractivity (Wildman–Crippen MR) is 208 cm³/mol. The Balaban J connectivity index is 1.18. The summed E-state index contributed by atoms with van der Waals surface area (Å²) in [5.41, 5.74) is 13.0. The highest BCUT2D eigenvalue weighted by molar-refractivity contribution is 6.34. The van der Waals surface area contributed by atoms with E-state index in [0.29, 0.717) is 0 Å². The standard InChI is InChI=1S/C47H32N2/c1-4-18-37-31(11-1)14-7-20-39(37)41-22-8-15-33-13-3-6-23-43(33)48-46(41)35-25-28-36(29-26-35)49-44-24-10-17-34-16-9-21-40(45(34)44)42-30-27-32-12-2-5-19-38(32)47(42)49/h1-7,9-14,16-30H,8,15H2. The van der Waals surface area contributed by atoms with E-state index >= 15 is 0 Å². The zero-order chi connectivity index (χ0) is 32.3. The number of para-hydroxylation sites is 1. The van der Waals surface area contributed by atoms with Crippen molar-refractivity contribution in [2.24, 2.45) is 4.99 Å². The van der Waals surface area contributed by atoms with Crippen LogP contribution in [-0.2, 0) is 6.42 Å². The van der Waals surface area contributed by atoms with Crippen LogP contribution in [0.3, 0.4) is 0 Å². The molecule has 2 nitrogen and oxygen atoms in total. The number of nitrogens with zero attached hydrogens (tertiary/aromatic N) is 2. The van der Waals surface area contributed by atoms with E-state index in [0.717, 1.165) is 35.5 Å². The van der Waals surface area contributed by atoms with E-state index in [1.165, 1.54) is 71.5 Å². The summed E-state index contributed by atoms with van der Waals surface area (Å²) in [5.74, 6) is 0. The van der Waals surface area contributed by atoms with Crippen LogP contribution in [0.2, 0.25) is 0 Å². The smallest absolute Gasteiger partial charge is 0.0784 e. The normalized spacial score (nSPS) is 13.8. The van der Waals surface area contributed by atoms with Gasteiger partial charge < -0.3 is 4.90 Å². The van der Waals surface area contributed by atoms with Crippen LogP contribution in [0.1, 0.15) is 23.1 Å². The van der Waals surface area contributed by atoms with Crippen molar-refractivity contribution in [3.63, 3.8) is 0 Å². The summed E-state index contributed by atoms with van der Waals surface area (Å²) in [4.78, 5) is 7.91. The number of anilines is 3. The van der Waals surface area contributed by atoms with Gasteiger partial charge in [-0.2, -0.15) is 0 Å². The lowest BCUT2D eigenvalue weighted by Crippen LogP contribution is -2.16. The SMILES string of the molecule is C1=C(c2cccc3ccccc23)C(c2ccc(N3c4c(ccc5ccccc45)-c4cccc5cccc3c45)cc2)=Nc2ccccc2CC1. The molecule has 0 N–H and O–H groups in total. The number of aryl methyl sites for hydroxylation is 1. The van der Waals surface area contributed by atoms with Gasteiger partial charge in [0.2, 0.25) is 0 Å². The van der Waals surface area contributed by atoms with Crippen LogP contribution in [0.25, 0.3) is 49.0 Å². The number of hydrogen-bond donors (Lipinski definition) is 0. The van der Waals surface area contributed by atoms with E-state index in [4.69, 9.17) is 4.99 Å². The second-order valence-electron chi connectivity index (χ2n) is 13.0. The first-order chi connectivity index (χ1) is 24.3. The Morgan fingerprint density at radius 2 is 1.16 bits per heavy atom. The van der Waals surface area contributed by atoms with E-state index in [1.807, 2.05) is 0 Å². The Morgan fingerprint density at radius 3 is 2.02 bits per heavy atom. The van der Waals surface area contributed by atoms with Gasteiger partial charge >= 0.3 is 0 Å². The highest BCUT2D eigenvalue weighted by atomic mass is 15.2. The van der Waals surface area contributed by atoms with Crippen molar-refractivity contribution in [1.82, 2.24) is 0 Å². The van der Waals surface area contributed by atoms with E-state index in [2.05, 4.69) is 175 Å². The highest BCUT2D eigenvalue weighted by Crippen LogP contribution is 2.53. The Bertz CT molecular complexity index is 2650. The summed E-state index contributed by atoms with van der Waals surface area (Å²) in [6.45, 7) is 0. The third-order valence-corrected chi connectivity index (χ3v) is 10.3. The number of aliphatic imine (C=N–C) groups is 1. The minimum Gasteiger partial charge on any atom is -0.309 e. The van der Waals surface area contributed by atoms with Gasteiger partial charge in [-0.15, -0.1) is 0 Å².